The minimum Gasteiger partial charge on any atom is -0.364 e. The van der Waals surface area contributed by atoms with Crippen LogP contribution in [0.1, 0.15) is 6.92 Å². The van der Waals surface area contributed by atoms with Gasteiger partial charge in [0.2, 0.25) is 0 Å². The minimum absolute atomic E-state index is 0.0294. The number of hydrogen-bond acceptors (Lipinski definition) is 2. The zero-order valence-corrected chi connectivity index (χ0v) is 6.46. The summed E-state index contributed by atoms with van der Waals surface area (Å²) >= 11 is 0. The summed E-state index contributed by atoms with van der Waals surface area (Å²) in [5.41, 5.74) is 2.65. The Morgan fingerprint density at radius 3 is 3.00 bits per heavy atom. The van der Waals surface area contributed by atoms with Crippen LogP contribution in [0.5, 0.6) is 0 Å². The van der Waals surface area contributed by atoms with Crippen LogP contribution in [-0.4, -0.2) is 19.0 Å². The van der Waals surface area contributed by atoms with Gasteiger partial charge in [0.1, 0.15) is 6.61 Å². The highest BCUT2D eigenvalue weighted by Crippen LogP contribution is 1.75. The minimum atomic E-state index is -0.0294. The summed E-state index contributed by atoms with van der Waals surface area (Å²) < 4.78 is 4.88. The van der Waals surface area contributed by atoms with Crippen LogP contribution in [0.2, 0.25) is 0 Å². The molecule has 0 aromatic carbocycles. The molecule has 0 fully saturated rings. The molecule has 0 aliphatic carbocycles. The molecule has 0 spiro atoms. The third-order valence-electron chi connectivity index (χ3n) is 0.791. The molecule has 58 valence electrons. The van der Waals surface area contributed by atoms with E-state index in [2.05, 4.69) is 11.7 Å². The van der Waals surface area contributed by atoms with E-state index >= 15 is 0 Å². The molecule has 0 radical (unpaired) electrons. The first-order chi connectivity index (χ1) is 5.27. The van der Waals surface area contributed by atoms with E-state index in [0.717, 1.165) is 0 Å². The lowest BCUT2D eigenvalue weighted by molar-refractivity contribution is -0.112. The van der Waals surface area contributed by atoms with Gasteiger partial charge in [0.25, 0.3) is 0 Å². The summed E-state index contributed by atoms with van der Waals surface area (Å²) in [6, 6.07) is 0. The lowest BCUT2D eigenvalue weighted by Gasteiger charge is -1.88. The van der Waals surface area contributed by atoms with Crippen LogP contribution < -0.4 is 0 Å². The van der Waals surface area contributed by atoms with Gasteiger partial charge >= 0.3 is 0 Å². The molecule has 0 amide bonds. The molecule has 0 aliphatic rings. The van der Waals surface area contributed by atoms with Crippen LogP contribution in [0.4, 0.5) is 0 Å². The monoisotopic (exact) mass is 150 g/mol. The summed E-state index contributed by atoms with van der Waals surface area (Å²) in [6.07, 6.45) is 7.88. The highest BCUT2D eigenvalue weighted by atomic mass is 16.5. The first-order valence-electron chi connectivity index (χ1n) is 3.20. The molecule has 11 heavy (non-hydrogen) atoms. The molecule has 0 bridgehead atoms. The zero-order valence-electron chi connectivity index (χ0n) is 6.46. The molecular formula is C9H10O2. The second-order valence-electron chi connectivity index (χ2n) is 1.85. The molecule has 0 unspecified atom stereocenters. The molecular weight excluding hydrogens is 140 g/mol. The second-order valence-corrected chi connectivity index (χ2v) is 1.85. The van der Waals surface area contributed by atoms with Crippen LogP contribution in [0.25, 0.3) is 0 Å². The first-order valence-corrected chi connectivity index (χ1v) is 3.20. The Bertz CT molecular complexity index is 214. The number of ether oxygens (including phenoxy) is 1. The Balaban J connectivity index is 3.46. The van der Waals surface area contributed by atoms with Crippen molar-refractivity contribution in [2.75, 3.05) is 13.2 Å². The van der Waals surface area contributed by atoms with Crippen molar-refractivity contribution in [1.82, 2.24) is 0 Å². The summed E-state index contributed by atoms with van der Waals surface area (Å²) in [5.74, 6) is 2.29. The highest BCUT2D eigenvalue weighted by Gasteiger charge is 1.77. The Morgan fingerprint density at radius 1 is 1.73 bits per heavy atom. The van der Waals surface area contributed by atoms with E-state index in [0.29, 0.717) is 6.61 Å². The first kappa shape index (κ1) is 9.71. The van der Waals surface area contributed by atoms with E-state index < -0.39 is 0 Å². The predicted octanol–water partition coefficient (Wildman–Crippen LogP) is 0.936. The third-order valence-corrected chi connectivity index (χ3v) is 0.791. The van der Waals surface area contributed by atoms with E-state index in [-0.39, 0.29) is 12.4 Å². The average Bonchev–Trinajstić information content (AvgIpc) is 1.96. The number of terminal acetylenes is 1. The highest BCUT2D eigenvalue weighted by molar-refractivity contribution is 5.86. The molecule has 2 heteroatoms. The maximum absolute atomic E-state index is 10.3. The smallest absolute Gasteiger partial charge is 0.160 e. The molecule has 0 saturated heterocycles. The Hall–Kier alpha value is -1.29. The van der Waals surface area contributed by atoms with Crippen molar-refractivity contribution >= 4 is 5.78 Å². The van der Waals surface area contributed by atoms with Crippen LogP contribution in [0, 0.1) is 12.3 Å². The van der Waals surface area contributed by atoms with Crippen molar-refractivity contribution in [1.29, 1.82) is 0 Å². The fourth-order valence-electron chi connectivity index (χ4n) is 0.401. The quantitative estimate of drug-likeness (QED) is 0.258. The molecule has 0 rings (SSSR count). The third kappa shape index (κ3) is 8.71. The van der Waals surface area contributed by atoms with Crippen LogP contribution in [-0.2, 0) is 9.53 Å². The Labute approximate surface area is 66.6 Å². The van der Waals surface area contributed by atoms with E-state index in [1.54, 1.807) is 6.08 Å². The number of hydrogen-bond donors (Lipinski definition) is 0. The predicted molar refractivity (Wildman–Crippen MR) is 43.0 cm³/mol. The van der Waals surface area contributed by atoms with Gasteiger partial charge in [-0.3, -0.25) is 4.79 Å². The van der Waals surface area contributed by atoms with E-state index in [1.807, 2.05) is 0 Å². The number of ketones is 1. The van der Waals surface area contributed by atoms with Crippen molar-refractivity contribution in [2.45, 2.75) is 6.92 Å². The van der Waals surface area contributed by atoms with E-state index in [9.17, 15) is 4.79 Å². The number of carbonyl (C=O) groups excluding carboxylic acids is 1. The van der Waals surface area contributed by atoms with Crippen molar-refractivity contribution in [3.05, 3.63) is 17.9 Å². The summed E-state index contributed by atoms with van der Waals surface area (Å²) in [7, 11) is 0. The summed E-state index contributed by atoms with van der Waals surface area (Å²) in [4.78, 5) is 10.3. The molecule has 0 saturated carbocycles. The van der Waals surface area contributed by atoms with Gasteiger partial charge in [-0.05, 0) is 13.0 Å². The van der Waals surface area contributed by atoms with E-state index in [4.69, 9.17) is 11.2 Å². The zero-order chi connectivity index (χ0) is 8.53. The normalized spacial score (nSPS) is 7.64. The van der Waals surface area contributed by atoms with Crippen molar-refractivity contribution < 1.29 is 9.53 Å². The number of carbonyl (C=O) groups is 1. The topological polar surface area (TPSA) is 26.3 Å². The largest absolute Gasteiger partial charge is 0.364 e. The van der Waals surface area contributed by atoms with Crippen molar-refractivity contribution in [3.63, 3.8) is 0 Å². The standard InChI is InChI=1S/C9H10O2/c1-3-7-11-8-5-4-6-9(2)10/h1,5-6H,7-8H2,2H3. The fourth-order valence-corrected chi connectivity index (χ4v) is 0.401. The molecule has 0 N–H and O–H groups in total. The van der Waals surface area contributed by atoms with Gasteiger partial charge in [0, 0.05) is 6.08 Å². The van der Waals surface area contributed by atoms with Crippen molar-refractivity contribution in [3.8, 4) is 12.3 Å². The van der Waals surface area contributed by atoms with Gasteiger partial charge in [0.05, 0.1) is 6.61 Å². The van der Waals surface area contributed by atoms with Gasteiger partial charge in [-0.1, -0.05) is 5.92 Å². The van der Waals surface area contributed by atoms with Gasteiger partial charge in [0.15, 0.2) is 5.78 Å². The van der Waals surface area contributed by atoms with Crippen LogP contribution >= 0.6 is 0 Å². The molecule has 0 aromatic rings. The number of rotatable bonds is 4. The lowest BCUT2D eigenvalue weighted by Crippen LogP contribution is -1.89. The van der Waals surface area contributed by atoms with Gasteiger partial charge < -0.3 is 4.74 Å². The van der Waals surface area contributed by atoms with Gasteiger partial charge in [-0.2, -0.15) is 0 Å². The maximum atomic E-state index is 10.3. The van der Waals surface area contributed by atoms with Crippen LogP contribution in [0.15, 0.2) is 17.9 Å². The lowest BCUT2D eigenvalue weighted by atomic mass is 10.4. The van der Waals surface area contributed by atoms with Crippen molar-refractivity contribution in [2.24, 2.45) is 0 Å². The summed E-state index contributed by atoms with van der Waals surface area (Å²) in [6.45, 7) is 2.15. The van der Waals surface area contributed by atoms with Gasteiger partial charge in [-0.25, -0.2) is 0 Å². The molecule has 0 aromatic heterocycles. The fraction of sp³-hybridized carbons (Fsp3) is 0.333. The second kappa shape index (κ2) is 6.82. The average molecular weight is 150 g/mol. The van der Waals surface area contributed by atoms with Crippen LogP contribution in [0.3, 0.4) is 0 Å². The van der Waals surface area contributed by atoms with Gasteiger partial charge in [-0.15, -0.1) is 12.2 Å². The summed E-state index contributed by atoms with van der Waals surface area (Å²) in [5, 5.41) is 0. The molecule has 2 nitrogen and oxygen atoms in total. The maximum Gasteiger partial charge on any atom is 0.160 e. The van der Waals surface area contributed by atoms with E-state index in [1.165, 1.54) is 13.0 Å². The molecule has 0 heterocycles. The molecule has 0 atom stereocenters. The Morgan fingerprint density at radius 2 is 2.45 bits per heavy atom. The Kier molecular flexibility index (Phi) is 6.02. The molecule has 0 aliphatic heterocycles. The SMILES string of the molecule is C#CCOCC=C=CC(C)=O.